The van der Waals surface area contributed by atoms with Crippen LogP contribution >= 0.6 is 0 Å². The van der Waals surface area contributed by atoms with Gasteiger partial charge in [0.1, 0.15) is 0 Å². The quantitative estimate of drug-likeness (QED) is 0.885. The maximum atomic E-state index is 3.93. The van der Waals surface area contributed by atoms with Gasteiger partial charge in [-0.2, -0.15) is 0 Å². The Morgan fingerprint density at radius 3 is 2.57 bits per heavy atom. The summed E-state index contributed by atoms with van der Waals surface area (Å²) < 4.78 is 0. The highest BCUT2D eigenvalue weighted by Gasteiger charge is 2.42. The van der Waals surface area contributed by atoms with Gasteiger partial charge in [0.05, 0.1) is 0 Å². The van der Waals surface area contributed by atoms with Gasteiger partial charge in [0, 0.05) is 25.7 Å². The van der Waals surface area contributed by atoms with Crippen molar-refractivity contribution < 1.29 is 0 Å². The van der Waals surface area contributed by atoms with Gasteiger partial charge in [-0.3, -0.25) is 4.90 Å². The van der Waals surface area contributed by atoms with E-state index in [-0.39, 0.29) is 0 Å². The minimum Gasteiger partial charge on any atom is -0.314 e. The number of likely N-dealkylation sites (tertiary alicyclic amines) is 1. The summed E-state index contributed by atoms with van der Waals surface area (Å²) in [7, 11) is 0. The molecule has 0 amide bonds. The van der Waals surface area contributed by atoms with Crippen molar-refractivity contribution in [3.63, 3.8) is 0 Å². The Balaban J connectivity index is 1.45. The van der Waals surface area contributed by atoms with Crippen LogP contribution in [0.4, 0.5) is 0 Å². The second kappa shape index (κ2) is 7.36. The zero-order chi connectivity index (χ0) is 15.5. The number of hydrogen-bond acceptors (Lipinski definition) is 2. The van der Waals surface area contributed by atoms with Crippen LogP contribution in [0.3, 0.4) is 0 Å². The third kappa shape index (κ3) is 3.64. The van der Waals surface area contributed by atoms with E-state index in [2.05, 4.69) is 40.5 Å². The van der Waals surface area contributed by atoms with E-state index in [4.69, 9.17) is 0 Å². The lowest BCUT2D eigenvalue weighted by molar-refractivity contribution is 0.197. The van der Waals surface area contributed by atoms with Gasteiger partial charge in [-0.1, -0.05) is 56.0 Å². The smallest absolute Gasteiger partial charge is 0.0233 e. The normalized spacial score (nSPS) is 35.7. The van der Waals surface area contributed by atoms with Gasteiger partial charge in [0.2, 0.25) is 0 Å². The fourth-order valence-corrected chi connectivity index (χ4v) is 5.48. The summed E-state index contributed by atoms with van der Waals surface area (Å²) in [5, 5.41) is 3.93. The van der Waals surface area contributed by atoms with Gasteiger partial charge >= 0.3 is 0 Å². The minimum absolute atomic E-state index is 0.807. The van der Waals surface area contributed by atoms with Crippen LogP contribution in [0.5, 0.6) is 0 Å². The molecule has 0 radical (unpaired) electrons. The number of rotatable bonds is 2. The zero-order valence-corrected chi connectivity index (χ0v) is 14.4. The summed E-state index contributed by atoms with van der Waals surface area (Å²) in [5.41, 5.74) is 1.48. The zero-order valence-electron chi connectivity index (χ0n) is 14.4. The highest BCUT2D eigenvalue weighted by Crippen LogP contribution is 2.40. The Morgan fingerprint density at radius 2 is 1.70 bits per heavy atom. The SMILES string of the molecule is c1ccc(CN2CC3CCNC4CCCCCCC4C3C2)cc1. The number of nitrogens with zero attached hydrogens (tertiary/aromatic N) is 1. The van der Waals surface area contributed by atoms with Gasteiger partial charge in [0.25, 0.3) is 0 Å². The van der Waals surface area contributed by atoms with Crippen LogP contribution in [-0.4, -0.2) is 30.6 Å². The first-order chi connectivity index (χ1) is 11.4. The van der Waals surface area contributed by atoms with E-state index in [9.17, 15) is 0 Å². The van der Waals surface area contributed by atoms with Gasteiger partial charge in [-0.25, -0.2) is 0 Å². The van der Waals surface area contributed by atoms with Gasteiger partial charge in [-0.05, 0) is 49.1 Å². The molecule has 2 heteroatoms. The van der Waals surface area contributed by atoms with Crippen molar-refractivity contribution in [2.45, 2.75) is 57.5 Å². The molecule has 0 bridgehead atoms. The Kier molecular flexibility index (Phi) is 5.01. The van der Waals surface area contributed by atoms with Crippen molar-refractivity contribution in [3.8, 4) is 0 Å². The average molecular weight is 313 g/mol. The Hall–Kier alpha value is -0.860. The molecule has 1 aliphatic carbocycles. The summed E-state index contributed by atoms with van der Waals surface area (Å²) in [5.74, 6) is 2.81. The number of nitrogens with one attached hydrogen (secondary N) is 1. The van der Waals surface area contributed by atoms with E-state index in [1.807, 2.05) is 0 Å². The maximum Gasteiger partial charge on any atom is 0.0233 e. The molecule has 1 aromatic rings. The number of hydrogen-bond donors (Lipinski definition) is 1. The number of benzene rings is 1. The summed E-state index contributed by atoms with van der Waals surface area (Å²) in [6.07, 6.45) is 10.1. The third-order valence-electron chi connectivity index (χ3n) is 6.61. The van der Waals surface area contributed by atoms with Gasteiger partial charge in [0.15, 0.2) is 0 Å². The maximum absolute atomic E-state index is 3.93. The van der Waals surface area contributed by atoms with E-state index in [0.29, 0.717) is 0 Å². The molecule has 4 atom stereocenters. The lowest BCUT2D eigenvalue weighted by atomic mass is 9.75. The average Bonchev–Trinajstić information content (AvgIpc) is 2.86. The van der Waals surface area contributed by atoms with Crippen molar-refractivity contribution in [1.82, 2.24) is 10.2 Å². The molecule has 0 aromatic heterocycles. The molecule has 4 rings (SSSR count). The van der Waals surface area contributed by atoms with Gasteiger partial charge < -0.3 is 5.32 Å². The molecule has 126 valence electrons. The predicted octanol–water partition coefficient (Wildman–Crippen LogP) is 4.07. The van der Waals surface area contributed by atoms with Crippen molar-refractivity contribution >= 4 is 0 Å². The Bertz CT molecular complexity index is 484. The van der Waals surface area contributed by atoms with E-state index in [0.717, 1.165) is 30.3 Å². The molecular formula is C21H32N2. The van der Waals surface area contributed by atoms with Crippen molar-refractivity contribution in [2.75, 3.05) is 19.6 Å². The fraction of sp³-hybridized carbons (Fsp3) is 0.714. The fourth-order valence-electron chi connectivity index (χ4n) is 5.48. The van der Waals surface area contributed by atoms with Crippen LogP contribution in [-0.2, 0) is 6.54 Å². The van der Waals surface area contributed by atoms with E-state index in [1.54, 1.807) is 0 Å². The highest BCUT2D eigenvalue weighted by molar-refractivity contribution is 5.15. The number of fused-ring (bicyclic) bond motifs is 3. The molecule has 2 saturated heterocycles. The largest absolute Gasteiger partial charge is 0.314 e. The van der Waals surface area contributed by atoms with Crippen LogP contribution < -0.4 is 5.32 Å². The summed E-state index contributed by atoms with van der Waals surface area (Å²) in [6.45, 7) is 5.06. The lowest BCUT2D eigenvalue weighted by Crippen LogP contribution is -2.39. The van der Waals surface area contributed by atoms with Crippen LogP contribution in [0.15, 0.2) is 30.3 Å². The van der Waals surface area contributed by atoms with Crippen molar-refractivity contribution in [1.29, 1.82) is 0 Å². The molecule has 4 unspecified atom stereocenters. The molecule has 1 saturated carbocycles. The molecule has 2 heterocycles. The van der Waals surface area contributed by atoms with Gasteiger partial charge in [-0.15, -0.1) is 0 Å². The third-order valence-corrected chi connectivity index (χ3v) is 6.61. The molecular weight excluding hydrogens is 280 g/mol. The highest BCUT2D eigenvalue weighted by atomic mass is 15.2. The second-order valence-electron chi connectivity index (χ2n) is 8.11. The first-order valence-electron chi connectivity index (χ1n) is 9.90. The predicted molar refractivity (Wildman–Crippen MR) is 96.3 cm³/mol. The van der Waals surface area contributed by atoms with Crippen LogP contribution in [0.2, 0.25) is 0 Å². The molecule has 2 aliphatic heterocycles. The minimum atomic E-state index is 0.807. The van der Waals surface area contributed by atoms with E-state index < -0.39 is 0 Å². The standard InChI is InChI=1S/C21H32N2/c1-2-7-11-21-19(10-6-1)20-16-23(15-18(20)12-13-22-21)14-17-8-4-3-5-9-17/h3-5,8-9,18-22H,1-2,6-7,10-16H2. The van der Waals surface area contributed by atoms with E-state index >= 15 is 0 Å². The van der Waals surface area contributed by atoms with E-state index in [1.165, 1.54) is 70.1 Å². The van der Waals surface area contributed by atoms with Crippen molar-refractivity contribution in [3.05, 3.63) is 35.9 Å². The lowest BCUT2D eigenvalue weighted by Gasteiger charge is -2.33. The summed E-state index contributed by atoms with van der Waals surface area (Å²) >= 11 is 0. The molecule has 0 spiro atoms. The molecule has 1 N–H and O–H groups in total. The summed E-state index contributed by atoms with van der Waals surface area (Å²) in [4.78, 5) is 2.74. The van der Waals surface area contributed by atoms with Crippen LogP contribution in [0.1, 0.15) is 50.5 Å². The first kappa shape index (κ1) is 15.7. The Morgan fingerprint density at radius 1 is 0.870 bits per heavy atom. The Labute approximate surface area is 141 Å². The molecule has 1 aromatic carbocycles. The molecule has 3 aliphatic rings. The van der Waals surface area contributed by atoms with Crippen LogP contribution in [0, 0.1) is 17.8 Å². The molecule has 2 nitrogen and oxygen atoms in total. The van der Waals surface area contributed by atoms with Crippen molar-refractivity contribution in [2.24, 2.45) is 17.8 Å². The topological polar surface area (TPSA) is 15.3 Å². The van der Waals surface area contributed by atoms with Crippen LogP contribution in [0.25, 0.3) is 0 Å². The first-order valence-corrected chi connectivity index (χ1v) is 9.90. The summed E-state index contributed by atoms with van der Waals surface area (Å²) in [6, 6.07) is 11.9. The molecule has 23 heavy (non-hydrogen) atoms. The monoisotopic (exact) mass is 312 g/mol. The molecule has 3 fully saturated rings. The second-order valence-corrected chi connectivity index (χ2v) is 8.11.